The number of aryl methyl sites for hydroxylation is 1. The summed E-state index contributed by atoms with van der Waals surface area (Å²) in [4.78, 5) is 12.5. The van der Waals surface area contributed by atoms with Crippen LogP contribution in [0.15, 0.2) is 36.5 Å². The Balaban J connectivity index is 2.07. The zero-order valence-corrected chi connectivity index (χ0v) is 12.7. The number of hydrogen-bond donors (Lipinski definition) is 0. The van der Waals surface area contributed by atoms with Gasteiger partial charge in [0.15, 0.2) is 0 Å². The Kier molecular flexibility index (Phi) is 5.55. The molecule has 4 nitrogen and oxygen atoms in total. The van der Waals surface area contributed by atoms with E-state index in [0.717, 1.165) is 31.6 Å². The van der Waals surface area contributed by atoms with Gasteiger partial charge in [0.05, 0.1) is 6.61 Å². The molecule has 2 aromatic rings. The number of aromatic nitrogens is 2. The lowest BCUT2D eigenvalue weighted by Crippen LogP contribution is -2.11. The van der Waals surface area contributed by atoms with Crippen molar-refractivity contribution in [1.29, 1.82) is 0 Å². The lowest BCUT2D eigenvalue weighted by atomic mass is 10.1. The van der Waals surface area contributed by atoms with Gasteiger partial charge in [0, 0.05) is 18.3 Å². The van der Waals surface area contributed by atoms with Gasteiger partial charge >= 0.3 is 0 Å². The summed E-state index contributed by atoms with van der Waals surface area (Å²) >= 11 is 0. The van der Waals surface area contributed by atoms with Crippen LogP contribution in [-0.4, -0.2) is 22.2 Å². The molecule has 0 aliphatic rings. The quantitative estimate of drug-likeness (QED) is 0.549. The minimum atomic E-state index is 0.000980. The largest absolute Gasteiger partial charge is 0.494 e. The van der Waals surface area contributed by atoms with Crippen molar-refractivity contribution in [2.45, 2.75) is 39.7 Å². The van der Waals surface area contributed by atoms with Crippen molar-refractivity contribution >= 4 is 5.78 Å². The minimum absolute atomic E-state index is 0.000980. The van der Waals surface area contributed by atoms with Gasteiger partial charge in [-0.3, -0.25) is 9.48 Å². The van der Waals surface area contributed by atoms with Crippen LogP contribution in [0.25, 0.3) is 0 Å². The normalized spacial score (nSPS) is 10.6. The first-order chi connectivity index (χ1) is 10.3. The van der Waals surface area contributed by atoms with Gasteiger partial charge in [0.25, 0.3) is 0 Å². The Bertz CT molecular complexity index is 573. The first kappa shape index (κ1) is 15.3. The van der Waals surface area contributed by atoms with Crippen molar-refractivity contribution in [2.24, 2.45) is 0 Å². The molecule has 21 heavy (non-hydrogen) atoms. The van der Waals surface area contributed by atoms with Gasteiger partial charge < -0.3 is 4.74 Å². The van der Waals surface area contributed by atoms with E-state index in [9.17, 15) is 4.79 Å². The van der Waals surface area contributed by atoms with Gasteiger partial charge in [-0.15, -0.1) is 0 Å². The molecule has 0 saturated heterocycles. The summed E-state index contributed by atoms with van der Waals surface area (Å²) in [7, 11) is 0. The number of nitrogens with zero attached hydrogens (tertiary/aromatic N) is 2. The predicted octanol–water partition coefficient (Wildman–Crippen LogP) is 3.70. The topological polar surface area (TPSA) is 44.1 Å². The fourth-order valence-corrected chi connectivity index (χ4v) is 2.10. The van der Waals surface area contributed by atoms with Crippen LogP contribution in [-0.2, 0) is 6.54 Å². The summed E-state index contributed by atoms with van der Waals surface area (Å²) in [5.74, 6) is 0.808. The SMILES string of the molecule is CCCCOc1ccc(C(=O)c2ccnn2CCC)cc1. The number of ether oxygens (including phenoxy) is 1. The molecule has 0 bridgehead atoms. The van der Waals surface area contributed by atoms with Crippen molar-refractivity contribution in [3.63, 3.8) is 0 Å². The fraction of sp³-hybridized carbons (Fsp3) is 0.412. The van der Waals surface area contributed by atoms with E-state index in [1.165, 1.54) is 0 Å². The number of ketones is 1. The third-order valence-corrected chi connectivity index (χ3v) is 3.27. The minimum Gasteiger partial charge on any atom is -0.494 e. The van der Waals surface area contributed by atoms with Crippen LogP contribution in [0, 0.1) is 0 Å². The highest BCUT2D eigenvalue weighted by Gasteiger charge is 2.13. The lowest BCUT2D eigenvalue weighted by Gasteiger charge is -2.07. The maximum absolute atomic E-state index is 12.5. The van der Waals surface area contributed by atoms with E-state index >= 15 is 0 Å². The van der Waals surface area contributed by atoms with E-state index in [1.54, 1.807) is 16.9 Å². The first-order valence-electron chi connectivity index (χ1n) is 7.55. The standard InChI is InChI=1S/C17H22N2O2/c1-3-5-13-21-15-8-6-14(7-9-15)17(20)16-10-11-18-19(16)12-4-2/h6-11H,3-5,12-13H2,1-2H3. The Hall–Kier alpha value is -2.10. The van der Waals surface area contributed by atoms with Crippen LogP contribution in [0.3, 0.4) is 0 Å². The number of unbranched alkanes of at least 4 members (excludes halogenated alkanes) is 1. The highest BCUT2D eigenvalue weighted by Crippen LogP contribution is 2.16. The van der Waals surface area contributed by atoms with Gasteiger partial charge in [-0.25, -0.2) is 0 Å². The summed E-state index contributed by atoms with van der Waals surface area (Å²) in [6.45, 7) is 5.67. The molecule has 2 rings (SSSR count). The molecule has 0 unspecified atom stereocenters. The number of hydrogen-bond acceptors (Lipinski definition) is 3. The van der Waals surface area contributed by atoms with Gasteiger partial charge in [-0.1, -0.05) is 20.3 Å². The number of rotatable bonds is 8. The molecule has 0 aliphatic carbocycles. The van der Waals surface area contributed by atoms with E-state index < -0.39 is 0 Å². The molecule has 0 N–H and O–H groups in total. The molecule has 0 aliphatic heterocycles. The average Bonchev–Trinajstić information content (AvgIpc) is 2.96. The third-order valence-electron chi connectivity index (χ3n) is 3.27. The van der Waals surface area contributed by atoms with E-state index in [2.05, 4.69) is 18.9 Å². The van der Waals surface area contributed by atoms with Gasteiger partial charge in [0.2, 0.25) is 5.78 Å². The maximum Gasteiger partial charge on any atom is 0.211 e. The van der Waals surface area contributed by atoms with Crippen molar-refractivity contribution in [3.8, 4) is 5.75 Å². The highest BCUT2D eigenvalue weighted by molar-refractivity contribution is 6.07. The number of benzene rings is 1. The van der Waals surface area contributed by atoms with Crippen LogP contribution < -0.4 is 4.74 Å². The van der Waals surface area contributed by atoms with Crippen LogP contribution in [0.5, 0.6) is 5.75 Å². The Morgan fingerprint density at radius 3 is 2.57 bits per heavy atom. The molecule has 1 heterocycles. The molecular formula is C17H22N2O2. The van der Waals surface area contributed by atoms with Crippen LogP contribution >= 0.6 is 0 Å². The zero-order chi connectivity index (χ0) is 15.1. The van der Waals surface area contributed by atoms with Crippen molar-refractivity contribution in [2.75, 3.05) is 6.61 Å². The second kappa shape index (κ2) is 7.62. The van der Waals surface area contributed by atoms with Gasteiger partial charge in [0.1, 0.15) is 11.4 Å². The summed E-state index contributed by atoms with van der Waals surface area (Å²) in [6.07, 6.45) is 4.77. The molecule has 0 fully saturated rings. The molecule has 0 saturated carbocycles. The molecule has 112 valence electrons. The van der Waals surface area contributed by atoms with Crippen molar-refractivity contribution < 1.29 is 9.53 Å². The van der Waals surface area contributed by atoms with Gasteiger partial charge in [-0.2, -0.15) is 5.10 Å². The first-order valence-corrected chi connectivity index (χ1v) is 7.55. The second-order valence-electron chi connectivity index (χ2n) is 5.00. The van der Waals surface area contributed by atoms with E-state index in [0.29, 0.717) is 17.9 Å². The third kappa shape index (κ3) is 3.94. The van der Waals surface area contributed by atoms with Crippen LogP contribution in [0.4, 0.5) is 0 Å². The molecule has 1 aromatic heterocycles. The average molecular weight is 286 g/mol. The smallest absolute Gasteiger partial charge is 0.211 e. The summed E-state index contributed by atoms with van der Waals surface area (Å²) in [5.41, 5.74) is 1.30. The Morgan fingerprint density at radius 1 is 1.14 bits per heavy atom. The molecule has 0 spiro atoms. The van der Waals surface area contributed by atoms with Crippen molar-refractivity contribution in [1.82, 2.24) is 9.78 Å². The fourth-order valence-electron chi connectivity index (χ4n) is 2.10. The Labute approximate surface area is 125 Å². The van der Waals surface area contributed by atoms with E-state index in [4.69, 9.17) is 4.74 Å². The van der Waals surface area contributed by atoms with Crippen LogP contribution in [0.1, 0.15) is 49.2 Å². The molecule has 1 aromatic carbocycles. The zero-order valence-electron chi connectivity index (χ0n) is 12.7. The van der Waals surface area contributed by atoms with Gasteiger partial charge in [-0.05, 0) is 43.2 Å². The second-order valence-corrected chi connectivity index (χ2v) is 5.00. The predicted molar refractivity (Wildman–Crippen MR) is 82.8 cm³/mol. The van der Waals surface area contributed by atoms with E-state index in [1.807, 2.05) is 24.3 Å². The molecule has 4 heteroatoms. The van der Waals surface area contributed by atoms with Crippen LogP contribution in [0.2, 0.25) is 0 Å². The lowest BCUT2D eigenvalue weighted by molar-refractivity contribution is 0.102. The summed E-state index contributed by atoms with van der Waals surface area (Å²) < 4.78 is 7.36. The summed E-state index contributed by atoms with van der Waals surface area (Å²) in [5, 5.41) is 4.19. The molecular weight excluding hydrogens is 264 g/mol. The highest BCUT2D eigenvalue weighted by atomic mass is 16.5. The molecule has 0 amide bonds. The van der Waals surface area contributed by atoms with E-state index in [-0.39, 0.29) is 5.78 Å². The number of carbonyl (C=O) groups is 1. The molecule has 0 radical (unpaired) electrons. The van der Waals surface area contributed by atoms with Crippen molar-refractivity contribution in [3.05, 3.63) is 47.8 Å². The maximum atomic E-state index is 12.5. The summed E-state index contributed by atoms with van der Waals surface area (Å²) in [6, 6.07) is 9.09. The molecule has 0 atom stereocenters. The monoisotopic (exact) mass is 286 g/mol. The Morgan fingerprint density at radius 2 is 1.90 bits per heavy atom. The number of carbonyl (C=O) groups excluding carboxylic acids is 1.